The standard InChI is InChI=1S/C24H28N2O6/c1-12(2)10-31-19-8-17(23(27)28)25-21-14(5)22-16(7-15(19)21)20(32-11-13(3)4)9-18(26-22)24(29)30-6/h7-9,12-13H,10-11H2,1-6H3,(H,27,28). The summed E-state index contributed by atoms with van der Waals surface area (Å²) in [7, 11) is 1.29. The van der Waals surface area contributed by atoms with Crippen molar-refractivity contribution in [2.24, 2.45) is 11.8 Å². The molecule has 3 rings (SSSR count). The van der Waals surface area contributed by atoms with Crippen molar-refractivity contribution in [2.45, 2.75) is 34.6 Å². The number of fused-ring (bicyclic) bond motifs is 2. The molecule has 170 valence electrons. The van der Waals surface area contributed by atoms with Crippen LogP contribution < -0.4 is 9.47 Å². The molecule has 8 heteroatoms. The van der Waals surface area contributed by atoms with E-state index in [2.05, 4.69) is 9.97 Å². The topological polar surface area (TPSA) is 108 Å². The summed E-state index contributed by atoms with van der Waals surface area (Å²) < 4.78 is 16.8. The van der Waals surface area contributed by atoms with Gasteiger partial charge in [0.15, 0.2) is 11.4 Å². The Morgan fingerprint density at radius 3 is 1.78 bits per heavy atom. The van der Waals surface area contributed by atoms with Gasteiger partial charge in [-0.3, -0.25) is 0 Å². The molecule has 0 amide bonds. The van der Waals surface area contributed by atoms with E-state index in [1.54, 1.807) is 13.0 Å². The second-order valence-electron chi connectivity index (χ2n) is 8.51. The highest BCUT2D eigenvalue weighted by Gasteiger charge is 2.21. The van der Waals surface area contributed by atoms with E-state index in [0.717, 1.165) is 0 Å². The van der Waals surface area contributed by atoms with Crippen molar-refractivity contribution < 1.29 is 28.9 Å². The molecule has 32 heavy (non-hydrogen) atoms. The number of rotatable bonds is 8. The Morgan fingerprint density at radius 2 is 1.34 bits per heavy atom. The molecule has 0 atom stereocenters. The van der Waals surface area contributed by atoms with Gasteiger partial charge in [0.25, 0.3) is 0 Å². The van der Waals surface area contributed by atoms with E-state index in [1.807, 2.05) is 33.8 Å². The van der Waals surface area contributed by atoms with E-state index in [4.69, 9.17) is 14.2 Å². The number of carboxylic acids is 1. The van der Waals surface area contributed by atoms with Gasteiger partial charge >= 0.3 is 11.9 Å². The maximum atomic E-state index is 12.2. The van der Waals surface area contributed by atoms with Crippen molar-refractivity contribution in [2.75, 3.05) is 20.3 Å². The number of carbonyl (C=O) groups excluding carboxylic acids is 1. The average Bonchev–Trinajstić information content (AvgIpc) is 2.75. The van der Waals surface area contributed by atoms with Gasteiger partial charge in [0.05, 0.1) is 31.4 Å². The number of methoxy groups -OCH3 is 1. The smallest absolute Gasteiger partial charge is 0.356 e. The van der Waals surface area contributed by atoms with Crippen LogP contribution >= 0.6 is 0 Å². The quantitative estimate of drug-likeness (QED) is 0.398. The third kappa shape index (κ3) is 4.74. The third-order valence-corrected chi connectivity index (χ3v) is 4.80. The summed E-state index contributed by atoms with van der Waals surface area (Å²) in [6.45, 7) is 10.7. The second kappa shape index (κ2) is 9.38. The molecule has 0 fully saturated rings. The lowest BCUT2D eigenvalue weighted by Crippen LogP contribution is -2.10. The molecule has 0 unspecified atom stereocenters. The van der Waals surface area contributed by atoms with E-state index in [0.29, 0.717) is 52.1 Å². The molecule has 0 bridgehead atoms. The first-order valence-electron chi connectivity index (χ1n) is 10.5. The molecule has 0 saturated carbocycles. The van der Waals surface area contributed by atoms with Gasteiger partial charge in [-0.15, -0.1) is 0 Å². The first-order valence-corrected chi connectivity index (χ1v) is 10.5. The van der Waals surface area contributed by atoms with Gasteiger partial charge in [0, 0.05) is 28.5 Å². The molecular weight excluding hydrogens is 412 g/mol. The minimum atomic E-state index is -1.15. The second-order valence-corrected chi connectivity index (χ2v) is 8.51. The number of ether oxygens (including phenoxy) is 3. The fourth-order valence-corrected chi connectivity index (χ4v) is 3.24. The van der Waals surface area contributed by atoms with Gasteiger partial charge in [-0.1, -0.05) is 27.7 Å². The number of esters is 1. The van der Waals surface area contributed by atoms with Crippen molar-refractivity contribution in [3.63, 3.8) is 0 Å². The zero-order valence-electron chi connectivity index (χ0n) is 19.2. The van der Waals surface area contributed by atoms with Crippen LogP contribution in [0.25, 0.3) is 21.8 Å². The van der Waals surface area contributed by atoms with Crippen LogP contribution in [-0.4, -0.2) is 47.3 Å². The molecule has 1 N–H and O–H groups in total. The van der Waals surface area contributed by atoms with Crippen LogP contribution in [-0.2, 0) is 4.74 Å². The molecule has 0 aliphatic heterocycles. The van der Waals surface area contributed by atoms with Crippen LogP contribution in [0.5, 0.6) is 11.5 Å². The number of nitrogens with zero attached hydrogens (tertiary/aromatic N) is 2. The van der Waals surface area contributed by atoms with E-state index < -0.39 is 11.9 Å². The first-order chi connectivity index (χ1) is 15.1. The maximum Gasteiger partial charge on any atom is 0.356 e. The first kappa shape index (κ1) is 23.2. The van der Waals surface area contributed by atoms with Gasteiger partial charge in [-0.2, -0.15) is 0 Å². The third-order valence-electron chi connectivity index (χ3n) is 4.80. The Balaban J connectivity index is 2.36. The Labute approximate surface area is 186 Å². The minimum absolute atomic E-state index is 0.104. The maximum absolute atomic E-state index is 12.2. The van der Waals surface area contributed by atoms with E-state index >= 15 is 0 Å². The molecule has 8 nitrogen and oxygen atoms in total. The van der Waals surface area contributed by atoms with Crippen molar-refractivity contribution in [1.29, 1.82) is 0 Å². The molecule has 0 aliphatic rings. The number of pyridine rings is 2. The number of aromatic carboxylic acids is 1. The fourth-order valence-electron chi connectivity index (χ4n) is 3.24. The number of hydrogen-bond acceptors (Lipinski definition) is 7. The molecule has 0 spiro atoms. The fraction of sp³-hybridized carbons (Fsp3) is 0.417. The van der Waals surface area contributed by atoms with Crippen LogP contribution in [0.3, 0.4) is 0 Å². The highest BCUT2D eigenvalue weighted by molar-refractivity contribution is 6.06. The summed E-state index contributed by atoms with van der Waals surface area (Å²) in [4.78, 5) is 32.7. The highest BCUT2D eigenvalue weighted by Crippen LogP contribution is 2.37. The summed E-state index contributed by atoms with van der Waals surface area (Å²) in [5.41, 5.74) is 1.53. The Hall–Kier alpha value is -3.42. The number of carboxylic acid groups (broad SMARTS) is 1. The van der Waals surface area contributed by atoms with Gasteiger partial charge in [0.1, 0.15) is 11.5 Å². The zero-order valence-corrected chi connectivity index (χ0v) is 19.2. The molecule has 0 saturated heterocycles. The number of benzene rings is 1. The summed E-state index contributed by atoms with van der Waals surface area (Å²) in [5, 5.41) is 10.9. The average molecular weight is 440 g/mol. The normalized spacial score (nSPS) is 11.4. The zero-order chi connectivity index (χ0) is 23.6. The van der Waals surface area contributed by atoms with Crippen molar-refractivity contribution in [1.82, 2.24) is 9.97 Å². The van der Waals surface area contributed by atoms with Crippen LogP contribution in [0.2, 0.25) is 0 Å². The number of hydrogen-bond donors (Lipinski definition) is 1. The van der Waals surface area contributed by atoms with Crippen LogP contribution in [0, 0.1) is 18.8 Å². The monoisotopic (exact) mass is 440 g/mol. The molecule has 2 heterocycles. The lowest BCUT2D eigenvalue weighted by atomic mass is 10.0. The lowest BCUT2D eigenvalue weighted by Gasteiger charge is -2.17. The highest BCUT2D eigenvalue weighted by atomic mass is 16.5. The summed E-state index contributed by atoms with van der Waals surface area (Å²) in [5.74, 6) is -0.301. The molecule has 2 aromatic heterocycles. The largest absolute Gasteiger partial charge is 0.493 e. The van der Waals surface area contributed by atoms with E-state index in [1.165, 1.54) is 13.2 Å². The molecular formula is C24H28N2O6. The van der Waals surface area contributed by atoms with Crippen molar-refractivity contribution in [3.05, 3.63) is 35.2 Å². The SMILES string of the molecule is COC(=O)c1cc(OCC(C)C)c2cc3c(OCC(C)C)cc(C(=O)O)nc3c(C)c2n1. The van der Waals surface area contributed by atoms with Crippen LogP contribution in [0.1, 0.15) is 54.2 Å². The lowest BCUT2D eigenvalue weighted by molar-refractivity contribution is 0.0593. The van der Waals surface area contributed by atoms with Crippen LogP contribution in [0.15, 0.2) is 18.2 Å². The van der Waals surface area contributed by atoms with E-state index in [-0.39, 0.29) is 23.2 Å². The number of aryl methyl sites for hydroxylation is 1. The van der Waals surface area contributed by atoms with E-state index in [9.17, 15) is 14.7 Å². The summed E-state index contributed by atoms with van der Waals surface area (Å²) in [6.07, 6.45) is 0. The molecule has 0 aliphatic carbocycles. The van der Waals surface area contributed by atoms with Gasteiger partial charge in [-0.05, 0) is 24.8 Å². The predicted octanol–water partition coefficient (Wildman–Crippen LogP) is 4.65. The minimum Gasteiger partial charge on any atom is -0.493 e. The predicted molar refractivity (Wildman–Crippen MR) is 121 cm³/mol. The van der Waals surface area contributed by atoms with Gasteiger partial charge < -0.3 is 19.3 Å². The van der Waals surface area contributed by atoms with Gasteiger partial charge in [-0.25, -0.2) is 19.6 Å². The van der Waals surface area contributed by atoms with Crippen molar-refractivity contribution >= 4 is 33.7 Å². The summed E-state index contributed by atoms with van der Waals surface area (Å²) in [6, 6.07) is 4.83. The van der Waals surface area contributed by atoms with Gasteiger partial charge in [0.2, 0.25) is 0 Å². The molecule has 0 radical (unpaired) electrons. The van der Waals surface area contributed by atoms with Crippen molar-refractivity contribution in [3.8, 4) is 11.5 Å². The molecule has 1 aromatic carbocycles. The summed E-state index contributed by atoms with van der Waals surface area (Å²) >= 11 is 0. The Morgan fingerprint density at radius 1 is 0.875 bits per heavy atom. The number of aromatic nitrogens is 2. The Bertz CT molecular complexity index is 1190. The molecule has 3 aromatic rings. The van der Waals surface area contributed by atoms with Crippen LogP contribution in [0.4, 0.5) is 0 Å². The number of carbonyl (C=O) groups is 2. The Kier molecular flexibility index (Phi) is 6.81.